The molecule has 6 fully saturated rings. The van der Waals surface area contributed by atoms with E-state index in [1.807, 2.05) is 0 Å². The molecule has 0 radical (unpaired) electrons. The zero-order valence-electron chi connectivity index (χ0n) is 14.5. The third kappa shape index (κ3) is 2.08. The van der Waals surface area contributed by atoms with Gasteiger partial charge in [-0.2, -0.15) is 0 Å². The van der Waals surface area contributed by atoms with Gasteiger partial charge >= 0.3 is 5.97 Å². The number of ether oxygens (including phenoxy) is 1. The lowest BCUT2D eigenvalue weighted by Crippen LogP contribution is -2.60. The Hall–Kier alpha value is -0.570. The van der Waals surface area contributed by atoms with Gasteiger partial charge in [0.25, 0.3) is 0 Å². The van der Waals surface area contributed by atoms with Crippen LogP contribution in [0.3, 0.4) is 0 Å². The Kier molecular flexibility index (Phi) is 2.91. The molecule has 6 bridgehead atoms. The number of hydrogen-bond donors (Lipinski definition) is 1. The molecule has 0 aromatic rings. The Morgan fingerprint density at radius 3 is 2.26 bits per heavy atom. The highest BCUT2D eigenvalue weighted by Gasteiger charge is 2.60. The number of hydrogen-bond acceptors (Lipinski definition) is 3. The molecular formula is C20H30O3. The quantitative estimate of drug-likeness (QED) is 0.792. The maximum Gasteiger partial charge on any atom is 0.309 e. The summed E-state index contributed by atoms with van der Waals surface area (Å²) in [6.45, 7) is 4.67. The number of rotatable bonds is 2. The molecule has 0 spiro atoms. The molecule has 0 heterocycles. The monoisotopic (exact) mass is 318 g/mol. The lowest BCUT2D eigenvalue weighted by Gasteiger charge is -2.59. The molecular weight excluding hydrogens is 288 g/mol. The first-order valence-electron chi connectivity index (χ1n) is 9.82. The van der Waals surface area contributed by atoms with Crippen LogP contribution in [0.1, 0.15) is 65.2 Å². The Morgan fingerprint density at radius 1 is 1.00 bits per heavy atom. The highest BCUT2D eigenvalue weighted by Crippen LogP contribution is 2.60. The van der Waals surface area contributed by atoms with E-state index in [2.05, 4.69) is 13.8 Å². The van der Waals surface area contributed by atoms with Gasteiger partial charge in [-0.3, -0.25) is 4.79 Å². The highest BCUT2D eigenvalue weighted by atomic mass is 16.6. The summed E-state index contributed by atoms with van der Waals surface area (Å²) in [5.41, 5.74) is -0.868. The minimum Gasteiger partial charge on any atom is -0.459 e. The maximum absolute atomic E-state index is 13.0. The lowest BCUT2D eigenvalue weighted by molar-refractivity contribution is -0.223. The summed E-state index contributed by atoms with van der Waals surface area (Å²) in [5.74, 6) is 4.06. The Bertz CT molecular complexity index is 525. The zero-order chi connectivity index (χ0) is 16.0. The molecule has 6 saturated carbocycles. The molecule has 0 saturated heterocycles. The van der Waals surface area contributed by atoms with E-state index < -0.39 is 5.60 Å². The van der Waals surface area contributed by atoms with Crippen molar-refractivity contribution in [1.82, 2.24) is 0 Å². The van der Waals surface area contributed by atoms with Crippen molar-refractivity contribution in [3.8, 4) is 0 Å². The molecule has 6 aliphatic rings. The van der Waals surface area contributed by atoms with Crippen LogP contribution in [0.15, 0.2) is 0 Å². The molecule has 7 unspecified atom stereocenters. The van der Waals surface area contributed by atoms with Gasteiger partial charge < -0.3 is 9.84 Å². The van der Waals surface area contributed by atoms with E-state index in [1.54, 1.807) is 0 Å². The molecule has 6 aliphatic carbocycles. The van der Waals surface area contributed by atoms with Crippen molar-refractivity contribution in [2.24, 2.45) is 41.4 Å². The lowest BCUT2D eigenvalue weighted by atomic mass is 9.52. The van der Waals surface area contributed by atoms with Gasteiger partial charge in [0, 0.05) is 6.42 Å². The average molecular weight is 318 g/mol. The normalized spacial score (nSPS) is 59.5. The van der Waals surface area contributed by atoms with Crippen molar-refractivity contribution in [2.45, 2.75) is 76.4 Å². The number of aliphatic hydroxyl groups is 1. The van der Waals surface area contributed by atoms with Crippen LogP contribution in [0.2, 0.25) is 0 Å². The Morgan fingerprint density at radius 2 is 1.70 bits per heavy atom. The zero-order valence-corrected chi connectivity index (χ0v) is 14.5. The van der Waals surface area contributed by atoms with Crippen LogP contribution >= 0.6 is 0 Å². The van der Waals surface area contributed by atoms with E-state index in [9.17, 15) is 9.90 Å². The molecule has 0 aliphatic heterocycles. The van der Waals surface area contributed by atoms with E-state index in [4.69, 9.17) is 4.74 Å². The summed E-state index contributed by atoms with van der Waals surface area (Å²) in [6, 6.07) is 0. The summed E-state index contributed by atoms with van der Waals surface area (Å²) >= 11 is 0. The SMILES string of the molecule is CC1C2CC(C(=O)OC34CC5CC(CC(O)(C5)C3)C4)C(C2)C1C. The van der Waals surface area contributed by atoms with Crippen LogP contribution < -0.4 is 0 Å². The van der Waals surface area contributed by atoms with Gasteiger partial charge in [0.05, 0.1) is 11.5 Å². The summed E-state index contributed by atoms with van der Waals surface area (Å²) < 4.78 is 6.24. The largest absolute Gasteiger partial charge is 0.459 e. The smallest absolute Gasteiger partial charge is 0.309 e. The van der Waals surface area contributed by atoms with Gasteiger partial charge in [-0.15, -0.1) is 0 Å². The first-order valence-corrected chi connectivity index (χ1v) is 9.82. The highest BCUT2D eigenvalue weighted by molar-refractivity contribution is 5.74. The topological polar surface area (TPSA) is 46.5 Å². The van der Waals surface area contributed by atoms with Gasteiger partial charge in [-0.25, -0.2) is 0 Å². The van der Waals surface area contributed by atoms with E-state index in [0.717, 1.165) is 43.9 Å². The first-order chi connectivity index (χ1) is 10.9. The first kappa shape index (κ1) is 14.7. The summed E-state index contributed by atoms with van der Waals surface area (Å²) in [6.07, 6.45) is 8.09. The minimum absolute atomic E-state index is 0.0711. The second-order valence-corrected chi connectivity index (χ2v) is 10.0. The van der Waals surface area contributed by atoms with Gasteiger partial charge in [-0.1, -0.05) is 13.8 Å². The Balaban J connectivity index is 1.33. The van der Waals surface area contributed by atoms with Crippen LogP contribution in [0.5, 0.6) is 0 Å². The molecule has 6 rings (SSSR count). The summed E-state index contributed by atoms with van der Waals surface area (Å²) in [4.78, 5) is 13.0. The molecule has 128 valence electrons. The second kappa shape index (κ2) is 4.53. The van der Waals surface area contributed by atoms with Crippen molar-refractivity contribution in [2.75, 3.05) is 0 Å². The molecule has 0 aromatic carbocycles. The van der Waals surface area contributed by atoms with Crippen molar-refractivity contribution in [3.05, 3.63) is 0 Å². The van der Waals surface area contributed by atoms with Gasteiger partial charge in [-0.05, 0) is 80.5 Å². The predicted octanol–water partition coefficient (Wildman–Crippen LogP) is 3.54. The van der Waals surface area contributed by atoms with Crippen LogP contribution in [0.4, 0.5) is 0 Å². The number of carbonyl (C=O) groups is 1. The van der Waals surface area contributed by atoms with Crippen LogP contribution in [-0.2, 0) is 9.53 Å². The van der Waals surface area contributed by atoms with E-state index in [0.29, 0.717) is 30.1 Å². The van der Waals surface area contributed by atoms with Crippen LogP contribution in [-0.4, -0.2) is 22.3 Å². The van der Waals surface area contributed by atoms with Crippen LogP contribution in [0.25, 0.3) is 0 Å². The standard InChI is InChI=1S/C20H30O3/c1-11-12(2)16-4-15(11)5-17(16)18(21)23-20-8-13-3-14(9-20)7-19(22,6-13)10-20/h11-17,22H,3-10H2,1-2H3. The fourth-order valence-corrected chi connectivity index (χ4v) is 7.75. The molecule has 7 atom stereocenters. The fraction of sp³-hybridized carbons (Fsp3) is 0.950. The van der Waals surface area contributed by atoms with E-state index in [1.165, 1.54) is 12.8 Å². The van der Waals surface area contributed by atoms with Gasteiger partial charge in [0.1, 0.15) is 5.60 Å². The predicted molar refractivity (Wildman–Crippen MR) is 86.5 cm³/mol. The average Bonchev–Trinajstić information content (AvgIpc) is 2.96. The van der Waals surface area contributed by atoms with Gasteiger partial charge in [0.15, 0.2) is 0 Å². The molecule has 1 N–H and O–H groups in total. The molecule has 3 heteroatoms. The Labute approximate surface area is 139 Å². The van der Waals surface area contributed by atoms with Crippen molar-refractivity contribution in [3.63, 3.8) is 0 Å². The maximum atomic E-state index is 13.0. The minimum atomic E-state index is -0.541. The number of esters is 1. The van der Waals surface area contributed by atoms with Crippen molar-refractivity contribution >= 4 is 5.97 Å². The molecule has 0 amide bonds. The summed E-state index contributed by atoms with van der Waals surface area (Å²) in [7, 11) is 0. The van der Waals surface area contributed by atoms with Gasteiger partial charge in [0.2, 0.25) is 0 Å². The van der Waals surface area contributed by atoms with E-state index in [-0.39, 0.29) is 17.5 Å². The third-order valence-corrected chi connectivity index (χ3v) is 8.49. The fourth-order valence-electron chi connectivity index (χ4n) is 7.75. The number of fused-ring (bicyclic) bond motifs is 2. The van der Waals surface area contributed by atoms with Crippen LogP contribution in [0, 0.1) is 41.4 Å². The molecule has 0 aromatic heterocycles. The van der Waals surface area contributed by atoms with Crippen molar-refractivity contribution < 1.29 is 14.6 Å². The molecule has 23 heavy (non-hydrogen) atoms. The summed E-state index contributed by atoms with van der Waals surface area (Å²) in [5, 5.41) is 10.8. The molecule has 3 nitrogen and oxygen atoms in total. The van der Waals surface area contributed by atoms with E-state index >= 15 is 0 Å². The second-order valence-electron chi connectivity index (χ2n) is 10.0. The third-order valence-electron chi connectivity index (χ3n) is 8.49. The van der Waals surface area contributed by atoms with Crippen molar-refractivity contribution in [1.29, 1.82) is 0 Å². The number of carbonyl (C=O) groups excluding carboxylic acids is 1.